The van der Waals surface area contributed by atoms with E-state index in [-0.39, 0.29) is 12.1 Å². The van der Waals surface area contributed by atoms with Gasteiger partial charge >= 0.3 is 6.03 Å². The van der Waals surface area contributed by atoms with Crippen molar-refractivity contribution in [3.8, 4) is 16.3 Å². The summed E-state index contributed by atoms with van der Waals surface area (Å²) in [6.45, 7) is 4.93. The topological polar surface area (TPSA) is 63.2 Å². The molecule has 140 valence electrons. The molecule has 0 aliphatic rings. The largest absolute Gasteiger partial charge is 0.494 e. The standard InChI is InChI=1S/C21H23N3O2S/c1-3-26-19-11-9-16(10-12-19)15(2)23-21(25)22-13-18-14-27-20(24-18)17-7-5-4-6-8-17/h4-12,14-15H,3,13H2,1-2H3,(H2,22,23,25). The van der Waals surface area contributed by atoms with Gasteiger partial charge in [-0.05, 0) is 31.5 Å². The summed E-state index contributed by atoms with van der Waals surface area (Å²) in [4.78, 5) is 16.8. The Balaban J connectivity index is 1.50. The first-order valence-corrected chi connectivity index (χ1v) is 9.80. The summed E-state index contributed by atoms with van der Waals surface area (Å²) < 4.78 is 5.44. The van der Waals surface area contributed by atoms with Crippen LogP contribution in [0.2, 0.25) is 0 Å². The van der Waals surface area contributed by atoms with Gasteiger partial charge in [0.15, 0.2) is 0 Å². The number of nitrogens with zero attached hydrogens (tertiary/aromatic N) is 1. The van der Waals surface area contributed by atoms with Crippen LogP contribution in [0.3, 0.4) is 0 Å². The van der Waals surface area contributed by atoms with E-state index in [1.165, 1.54) is 0 Å². The number of thiazole rings is 1. The average molecular weight is 382 g/mol. The van der Waals surface area contributed by atoms with E-state index in [1.54, 1.807) is 11.3 Å². The number of rotatable bonds is 7. The molecule has 0 radical (unpaired) electrons. The molecule has 3 aromatic rings. The minimum absolute atomic E-state index is 0.101. The number of nitrogens with one attached hydrogen (secondary N) is 2. The molecule has 5 nitrogen and oxygen atoms in total. The molecule has 2 amide bonds. The zero-order valence-electron chi connectivity index (χ0n) is 15.4. The van der Waals surface area contributed by atoms with E-state index in [4.69, 9.17) is 4.74 Å². The lowest BCUT2D eigenvalue weighted by Gasteiger charge is -2.15. The smallest absolute Gasteiger partial charge is 0.315 e. The molecular weight excluding hydrogens is 358 g/mol. The summed E-state index contributed by atoms with van der Waals surface area (Å²) in [5, 5.41) is 8.73. The zero-order chi connectivity index (χ0) is 19.1. The minimum Gasteiger partial charge on any atom is -0.494 e. The quantitative estimate of drug-likeness (QED) is 0.620. The van der Waals surface area contributed by atoms with Crippen LogP contribution in [-0.4, -0.2) is 17.6 Å². The maximum atomic E-state index is 12.2. The van der Waals surface area contributed by atoms with Gasteiger partial charge in [0.2, 0.25) is 0 Å². The molecule has 1 aromatic heterocycles. The molecule has 0 fully saturated rings. The fourth-order valence-electron chi connectivity index (χ4n) is 2.62. The Morgan fingerprint density at radius 2 is 1.89 bits per heavy atom. The van der Waals surface area contributed by atoms with Gasteiger partial charge in [0, 0.05) is 10.9 Å². The predicted octanol–water partition coefficient (Wildman–Crippen LogP) is 4.77. The molecule has 6 heteroatoms. The number of urea groups is 1. The molecule has 2 N–H and O–H groups in total. The van der Waals surface area contributed by atoms with E-state index in [0.717, 1.165) is 27.6 Å². The van der Waals surface area contributed by atoms with Crippen molar-refractivity contribution in [3.63, 3.8) is 0 Å². The Bertz CT molecular complexity index is 863. The first-order valence-electron chi connectivity index (χ1n) is 8.92. The van der Waals surface area contributed by atoms with Gasteiger partial charge in [-0.3, -0.25) is 0 Å². The Hall–Kier alpha value is -2.86. The van der Waals surface area contributed by atoms with Crippen molar-refractivity contribution in [2.45, 2.75) is 26.4 Å². The van der Waals surface area contributed by atoms with Crippen molar-refractivity contribution in [3.05, 3.63) is 71.2 Å². The third-order valence-electron chi connectivity index (χ3n) is 4.04. The summed E-state index contributed by atoms with van der Waals surface area (Å²) in [6, 6.07) is 17.4. The van der Waals surface area contributed by atoms with Gasteiger partial charge in [0.05, 0.1) is 24.9 Å². The number of carbonyl (C=O) groups excluding carboxylic acids is 1. The molecule has 0 saturated heterocycles. The summed E-state index contributed by atoms with van der Waals surface area (Å²) in [5.74, 6) is 0.829. The van der Waals surface area contributed by atoms with Crippen molar-refractivity contribution in [2.75, 3.05) is 6.61 Å². The van der Waals surface area contributed by atoms with E-state index < -0.39 is 0 Å². The Labute approximate surface area is 163 Å². The van der Waals surface area contributed by atoms with Crippen molar-refractivity contribution >= 4 is 17.4 Å². The molecule has 3 rings (SSSR count). The van der Waals surface area contributed by atoms with Crippen LogP contribution in [-0.2, 0) is 6.54 Å². The van der Waals surface area contributed by atoms with Crippen LogP contribution in [0.4, 0.5) is 4.79 Å². The number of hydrogen-bond donors (Lipinski definition) is 2. The number of ether oxygens (including phenoxy) is 1. The van der Waals surface area contributed by atoms with Crippen LogP contribution in [0, 0.1) is 0 Å². The predicted molar refractivity (Wildman–Crippen MR) is 109 cm³/mol. The molecule has 0 bridgehead atoms. The highest BCUT2D eigenvalue weighted by molar-refractivity contribution is 7.13. The molecule has 0 aliphatic heterocycles. The van der Waals surface area contributed by atoms with Crippen LogP contribution in [0.15, 0.2) is 60.0 Å². The van der Waals surface area contributed by atoms with Crippen molar-refractivity contribution < 1.29 is 9.53 Å². The fraction of sp³-hybridized carbons (Fsp3) is 0.238. The number of carbonyl (C=O) groups is 1. The van der Waals surface area contributed by atoms with Crippen molar-refractivity contribution in [1.29, 1.82) is 0 Å². The van der Waals surface area contributed by atoms with Crippen molar-refractivity contribution in [1.82, 2.24) is 15.6 Å². The minimum atomic E-state index is -0.217. The van der Waals surface area contributed by atoms with E-state index in [1.807, 2.05) is 73.8 Å². The van der Waals surface area contributed by atoms with Gasteiger partial charge in [-0.25, -0.2) is 9.78 Å². The molecule has 2 aromatic carbocycles. The van der Waals surface area contributed by atoms with Crippen LogP contribution in [0.1, 0.15) is 31.1 Å². The normalized spacial score (nSPS) is 11.6. The van der Waals surface area contributed by atoms with E-state index in [0.29, 0.717) is 13.2 Å². The van der Waals surface area contributed by atoms with Gasteiger partial charge in [-0.2, -0.15) is 0 Å². The lowest BCUT2D eigenvalue weighted by molar-refractivity contribution is 0.237. The van der Waals surface area contributed by atoms with Gasteiger partial charge in [0.1, 0.15) is 10.8 Å². The van der Waals surface area contributed by atoms with E-state index in [9.17, 15) is 4.79 Å². The highest BCUT2D eigenvalue weighted by atomic mass is 32.1. The second-order valence-electron chi connectivity index (χ2n) is 6.06. The van der Waals surface area contributed by atoms with E-state index in [2.05, 4.69) is 15.6 Å². The number of aromatic nitrogens is 1. The SMILES string of the molecule is CCOc1ccc(C(C)NC(=O)NCc2csc(-c3ccccc3)n2)cc1. The summed E-state index contributed by atoms with van der Waals surface area (Å²) >= 11 is 1.58. The first kappa shape index (κ1) is 18.9. The highest BCUT2D eigenvalue weighted by Gasteiger charge is 2.10. The molecule has 0 aliphatic carbocycles. The lowest BCUT2D eigenvalue weighted by atomic mass is 10.1. The molecule has 1 heterocycles. The maximum absolute atomic E-state index is 12.2. The Morgan fingerprint density at radius 3 is 2.59 bits per heavy atom. The Kier molecular flexibility index (Phi) is 6.44. The fourth-order valence-corrected chi connectivity index (χ4v) is 3.45. The van der Waals surface area contributed by atoms with Gasteiger partial charge < -0.3 is 15.4 Å². The third kappa shape index (κ3) is 5.31. The van der Waals surface area contributed by atoms with Crippen LogP contribution < -0.4 is 15.4 Å². The molecule has 1 atom stereocenters. The van der Waals surface area contributed by atoms with Crippen LogP contribution in [0.25, 0.3) is 10.6 Å². The number of benzene rings is 2. The van der Waals surface area contributed by atoms with E-state index >= 15 is 0 Å². The van der Waals surface area contributed by atoms with Crippen LogP contribution in [0.5, 0.6) is 5.75 Å². The highest BCUT2D eigenvalue weighted by Crippen LogP contribution is 2.23. The van der Waals surface area contributed by atoms with Gasteiger partial charge in [0.25, 0.3) is 0 Å². The van der Waals surface area contributed by atoms with Gasteiger partial charge in [-0.15, -0.1) is 11.3 Å². The van der Waals surface area contributed by atoms with Crippen molar-refractivity contribution in [2.24, 2.45) is 0 Å². The second kappa shape index (κ2) is 9.19. The molecule has 0 spiro atoms. The van der Waals surface area contributed by atoms with Crippen LogP contribution >= 0.6 is 11.3 Å². The number of amides is 2. The molecule has 1 unspecified atom stereocenters. The maximum Gasteiger partial charge on any atom is 0.315 e. The first-order chi connectivity index (χ1) is 13.2. The second-order valence-corrected chi connectivity index (χ2v) is 6.92. The monoisotopic (exact) mass is 381 g/mol. The summed E-state index contributed by atoms with van der Waals surface area (Å²) in [7, 11) is 0. The average Bonchev–Trinajstić information content (AvgIpc) is 3.17. The Morgan fingerprint density at radius 1 is 1.15 bits per heavy atom. The number of hydrogen-bond acceptors (Lipinski definition) is 4. The lowest BCUT2D eigenvalue weighted by Crippen LogP contribution is -2.36. The molecular formula is C21H23N3O2S. The summed E-state index contributed by atoms with van der Waals surface area (Å²) in [5.41, 5.74) is 2.96. The molecule has 0 saturated carbocycles. The third-order valence-corrected chi connectivity index (χ3v) is 4.98. The summed E-state index contributed by atoms with van der Waals surface area (Å²) in [6.07, 6.45) is 0. The van der Waals surface area contributed by atoms with Gasteiger partial charge in [-0.1, -0.05) is 42.5 Å². The molecule has 27 heavy (non-hydrogen) atoms. The zero-order valence-corrected chi connectivity index (χ0v) is 16.3.